The number of aromatic nitrogens is 3. The Hall–Kier alpha value is -2.75. The molecular weight excluding hydrogens is 483 g/mol. The Morgan fingerprint density at radius 1 is 1.18 bits per heavy atom. The average molecular weight is 505 g/mol. The van der Waals surface area contributed by atoms with Crippen LogP contribution in [0.2, 0.25) is 9.62 Å². The summed E-state index contributed by atoms with van der Waals surface area (Å²) in [6.45, 7) is 4.98. The highest BCUT2D eigenvalue weighted by Crippen LogP contribution is 2.43. The van der Waals surface area contributed by atoms with Gasteiger partial charge in [0.15, 0.2) is 0 Å². The van der Waals surface area contributed by atoms with E-state index in [9.17, 15) is 9.59 Å². The van der Waals surface area contributed by atoms with Crippen LogP contribution in [0.1, 0.15) is 41.3 Å². The number of pyridine rings is 1. The van der Waals surface area contributed by atoms with Gasteiger partial charge in [-0.3, -0.25) is 9.59 Å². The summed E-state index contributed by atoms with van der Waals surface area (Å²) in [6.07, 6.45) is 1.40. The molecule has 2 N–H and O–H groups in total. The Balaban J connectivity index is 1.73. The van der Waals surface area contributed by atoms with Gasteiger partial charge in [-0.1, -0.05) is 61.1 Å². The average Bonchev–Trinajstić information content (AvgIpc) is 3.19. The molecule has 1 aliphatic rings. The SMILES string of the molecule is CNC(=O)c1cc(Cl)ncc1NC(=O)C1(c2ccccc2C(C)C)CN(c2nnc(Cl)s2)C1. The molecule has 0 unspecified atom stereocenters. The van der Waals surface area contributed by atoms with Crippen molar-refractivity contribution in [2.24, 2.45) is 0 Å². The Kier molecular flexibility index (Phi) is 6.56. The summed E-state index contributed by atoms with van der Waals surface area (Å²) in [7, 11) is 1.51. The van der Waals surface area contributed by atoms with Crippen LogP contribution in [0, 0.1) is 0 Å². The number of hydrogen-bond donors (Lipinski definition) is 2. The fourth-order valence-corrected chi connectivity index (χ4v) is 5.01. The Morgan fingerprint density at radius 2 is 1.91 bits per heavy atom. The van der Waals surface area contributed by atoms with Crippen molar-refractivity contribution < 1.29 is 9.59 Å². The topological polar surface area (TPSA) is 100 Å². The molecule has 0 spiro atoms. The number of benzene rings is 1. The lowest BCUT2D eigenvalue weighted by Crippen LogP contribution is -2.65. The second-order valence-electron chi connectivity index (χ2n) is 8.10. The van der Waals surface area contributed by atoms with Crippen molar-refractivity contribution in [3.63, 3.8) is 0 Å². The lowest BCUT2D eigenvalue weighted by Gasteiger charge is -2.49. The second-order valence-corrected chi connectivity index (χ2v) is 10.0. The minimum atomic E-state index is -0.862. The van der Waals surface area contributed by atoms with E-state index in [2.05, 4.69) is 39.7 Å². The summed E-state index contributed by atoms with van der Waals surface area (Å²) in [5.74, 6) is -0.392. The van der Waals surface area contributed by atoms with Crippen molar-refractivity contribution in [1.82, 2.24) is 20.5 Å². The van der Waals surface area contributed by atoms with Gasteiger partial charge in [-0.2, -0.15) is 0 Å². The first-order valence-corrected chi connectivity index (χ1v) is 11.8. The largest absolute Gasteiger partial charge is 0.355 e. The molecule has 3 aromatic rings. The van der Waals surface area contributed by atoms with Crippen LogP contribution in [0.15, 0.2) is 36.5 Å². The predicted octanol–water partition coefficient (Wildman–Crippen LogP) is 4.12. The van der Waals surface area contributed by atoms with E-state index in [1.807, 2.05) is 29.2 Å². The molecular formula is C22H22Cl2N6O2S. The lowest BCUT2D eigenvalue weighted by molar-refractivity contribution is -0.122. The van der Waals surface area contributed by atoms with Gasteiger partial charge in [0.2, 0.25) is 15.5 Å². The maximum absolute atomic E-state index is 13.8. The monoisotopic (exact) mass is 504 g/mol. The van der Waals surface area contributed by atoms with Gasteiger partial charge in [-0.15, -0.1) is 10.2 Å². The highest BCUT2D eigenvalue weighted by atomic mass is 35.5. The van der Waals surface area contributed by atoms with Crippen LogP contribution in [0.25, 0.3) is 0 Å². The van der Waals surface area contributed by atoms with Crippen LogP contribution in [0.5, 0.6) is 0 Å². The number of rotatable bonds is 6. The van der Waals surface area contributed by atoms with Gasteiger partial charge in [0, 0.05) is 20.1 Å². The molecule has 172 valence electrons. The standard InChI is InChI=1S/C22H22Cl2N6O2S/c1-12(2)13-6-4-5-7-15(13)22(10-30(11-22)21-29-28-20(24)33-21)19(32)27-16-9-26-17(23)8-14(16)18(31)25-3/h4-9,12H,10-11H2,1-3H3,(H,25,31)(H,27,32). The molecule has 0 aliphatic carbocycles. The van der Waals surface area contributed by atoms with Crippen LogP contribution in [0.3, 0.4) is 0 Å². The molecule has 2 aromatic heterocycles. The third kappa shape index (κ3) is 4.40. The van der Waals surface area contributed by atoms with Gasteiger partial charge < -0.3 is 15.5 Å². The van der Waals surface area contributed by atoms with E-state index in [0.29, 0.717) is 28.4 Å². The molecule has 1 fully saturated rings. The fourth-order valence-electron chi connectivity index (χ4n) is 4.03. The quantitative estimate of drug-likeness (QED) is 0.489. The van der Waals surface area contributed by atoms with Crippen LogP contribution in [-0.4, -0.2) is 47.1 Å². The summed E-state index contributed by atoms with van der Waals surface area (Å²) in [4.78, 5) is 32.2. The number of nitrogens with zero attached hydrogens (tertiary/aromatic N) is 4. The van der Waals surface area contributed by atoms with E-state index in [4.69, 9.17) is 23.2 Å². The third-order valence-corrected chi connectivity index (χ3v) is 6.99. The van der Waals surface area contributed by atoms with Gasteiger partial charge in [0.1, 0.15) is 10.6 Å². The maximum Gasteiger partial charge on any atom is 0.253 e. The van der Waals surface area contributed by atoms with Crippen molar-refractivity contribution in [2.75, 3.05) is 30.4 Å². The molecule has 0 saturated carbocycles. The van der Waals surface area contributed by atoms with E-state index in [-0.39, 0.29) is 28.4 Å². The summed E-state index contributed by atoms with van der Waals surface area (Å²) < 4.78 is 0.344. The molecule has 1 aromatic carbocycles. The normalized spacial score (nSPS) is 14.7. The number of carbonyl (C=O) groups is 2. The highest BCUT2D eigenvalue weighted by Gasteiger charge is 2.53. The molecule has 3 heterocycles. The molecule has 0 atom stereocenters. The first kappa shape index (κ1) is 23.4. The van der Waals surface area contributed by atoms with Crippen LogP contribution in [0.4, 0.5) is 10.8 Å². The number of nitrogens with one attached hydrogen (secondary N) is 2. The number of amides is 2. The predicted molar refractivity (Wildman–Crippen MR) is 131 cm³/mol. The van der Waals surface area contributed by atoms with Crippen molar-refractivity contribution in [2.45, 2.75) is 25.2 Å². The molecule has 1 saturated heterocycles. The van der Waals surface area contributed by atoms with Crippen molar-refractivity contribution in [1.29, 1.82) is 0 Å². The first-order valence-electron chi connectivity index (χ1n) is 10.3. The minimum absolute atomic E-state index is 0.162. The van der Waals surface area contributed by atoms with E-state index in [1.165, 1.54) is 30.6 Å². The number of anilines is 2. The smallest absolute Gasteiger partial charge is 0.253 e. The molecule has 8 nitrogen and oxygen atoms in total. The Bertz CT molecular complexity index is 1210. The summed E-state index contributed by atoms with van der Waals surface area (Å²) in [6, 6.07) is 9.36. The van der Waals surface area contributed by atoms with Gasteiger partial charge in [-0.05, 0) is 34.7 Å². The van der Waals surface area contributed by atoms with Gasteiger partial charge >= 0.3 is 0 Å². The van der Waals surface area contributed by atoms with Gasteiger partial charge in [-0.25, -0.2) is 4.98 Å². The molecule has 33 heavy (non-hydrogen) atoms. The minimum Gasteiger partial charge on any atom is -0.355 e. The Labute approximate surface area is 205 Å². The van der Waals surface area contributed by atoms with Crippen LogP contribution in [-0.2, 0) is 10.2 Å². The molecule has 0 radical (unpaired) electrons. The number of hydrogen-bond acceptors (Lipinski definition) is 7. The van der Waals surface area contributed by atoms with Crippen LogP contribution < -0.4 is 15.5 Å². The Morgan fingerprint density at radius 3 is 2.55 bits per heavy atom. The molecule has 11 heteroatoms. The molecule has 2 amide bonds. The van der Waals surface area contributed by atoms with Crippen molar-refractivity contribution in [3.05, 3.63) is 62.8 Å². The van der Waals surface area contributed by atoms with Gasteiger partial charge in [0.25, 0.3) is 5.91 Å². The van der Waals surface area contributed by atoms with Crippen molar-refractivity contribution >= 4 is 57.2 Å². The van der Waals surface area contributed by atoms with E-state index >= 15 is 0 Å². The molecule has 4 rings (SSSR count). The maximum atomic E-state index is 13.8. The zero-order valence-electron chi connectivity index (χ0n) is 18.2. The summed E-state index contributed by atoms with van der Waals surface area (Å²) >= 11 is 13.2. The third-order valence-electron chi connectivity index (χ3n) is 5.71. The van der Waals surface area contributed by atoms with E-state index < -0.39 is 5.41 Å². The summed E-state index contributed by atoms with van der Waals surface area (Å²) in [5.41, 5.74) is 1.70. The second kappa shape index (κ2) is 9.24. The summed E-state index contributed by atoms with van der Waals surface area (Å²) in [5, 5.41) is 14.3. The first-order chi connectivity index (χ1) is 15.7. The molecule has 0 bridgehead atoms. The van der Waals surface area contributed by atoms with E-state index in [1.54, 1.807) is 0 Å². The lowest BCUT2D eigenvalue weighted by atomic mass is 9.70. The van der Waals surface area contributed by atoms with E-state index in [0.717, 1.165) is 11.1 Å². The zero-order valence-corrected chi connectivity index (χ0v) is 20.6. The highest BCUT2D eigenvalue weighted by molar-refractivity contribution is 7.19. The van der Waals surface area contributed by atoms with Crippen LogP contribution >= 0.6 is 34.5 Å². The number of halogens is 2. The molecule has 1 aliphatic heterocycles. The number of carbonyl (C=O) groups excluding carboxylic acids is 2. The van der Waals surface area contributed by atoms with Crippen molar-refractivity contribution in [3.8, 4) is 0 Å². The van der Waals surface area contributed by atoms with Gasteiger partial charge in [0.05, 0.1) is 17.4 Å². The zero-order chi connectivity index (χ0) is 23.8. The fraction of sp³-hybridized carbons (Fsp3) is 0.318.